The van der Waals surface area contributed by atoms with Gasteiger partial charge in [-0.2, -0.15) is 5.10 Å². The van der Waals surface area contributed by atoms with Crippen LogP contribution in [0.25, 0.3) is 22.8 Å². The van der Waals surface area contributed by atoms with Gasteiger partial charge in [-0.1, -0.05) is 12.1 Å². The van der Waals surface area contributed by atoms with Crippen LogP contribution in [0.1, 0.15) is 6.92 Å². The molecule has 3 rings (SSSR count). The predicted octanol–water partition coefficient (Wildman–Crippen LogP) is 3.69. The van der Waals surface area contributed by atoms with Gasteiger partial charge < -0.3 is 9.47 Å². The lowest BCUT2D eigenvalue weighted by Gasteiger charge is -2.09. The molecule has 0 fully saturated rings. The highest BCUT2D eigenvalue weighted by Gasteiger charge is 2.13. The molecule has 118 valence electrons. The number of rotatable bonds is 5. The second-order valence-corrected chi connectivity index (χ2v) is 4.79. The summed E-state index contributed by atoms with van der Waals surface area (Å²) in [4.78, 5) is 4.37. The summed E-state index contributed by atoms with van der Waals surface area (Å²) in [6.45, 7) is 2.42. The molecule has 0 radical (unpaired) electrons. The molecule has 0 unspecified atom stereocenters. The number of hydrogen-bond acceptors (Lipinski definition) is 4. The number of benzene rings is 2. The van der Waals surface area contributed by atoms with Crippen molar-refractivity contribution in [3.05, 3.63) is 48.3 Å². The van der Waals surface area contributed by atoms with Gasteiger partial charge in [-0.25, -0.2) is 9.37 Å². The quantitative estimate of drug-likeness (QED) is 0.780. The van der Waals surface area contributed by atoms with E-state index in [2.05, 4.69) is 15.2 Å². The van der Waals surface area contributed by atoms with Gasteiger partial charge in [0.2, 0.25) is 0 Å². The highest BCUT2D eigenvalue weighted by molar-refractivity contribution is 5.64. The van der Waals surface area contributed by atoms with Crippen molar-refractivity contribution < 1.29 is 13.9 Å². The molecule has 0 bridgehead atoms. The number of methoxy groups -OCH3 is 1. The van der Waals surface area contributed by atoms with E-state index in [0.29, 0.717) is 35.3 Å². The Morgan fingerprint density at radius 3 is 2.70 bits per heavy atom. The summed E-state index contributed by atoms with van der Waals surface area (Å²) < 4.78 is 24.6. The molecule has 2 aromatic carbocycles. The van der Waals surface area contributed by atoms with Crippen molar-refractivity contribution in [1.82, 2.24) is 15.2 Å². The second-order valence-electron chi connectivity index (χ2n) is 4.79. The molecule has 0 saturated heterocycles. The van der Waals surface area contributed by atoms with Crippen LogP contribution in [0.15, 0.2) is 42.5 Å². The Kier molecular flexibility index (Phi) is 4.23. The highest BCUT2D eigenvalue weighted by atomic mass is 19.1. The fourth-order valence-corrected chi connectivity index (χ4v) is 2.25. The number of nitrogens with one attached hydrogen (secondary N) is 1. The number of ether oxygens (including phenoxy) is 2. The van der Waals surface area contributed by atoms with Crippen LogP contribution in [0, 0.1) is 5.82 Å². The average Bonchev–Trinajstić information content (AvgIpc) is 3.05. The molecule has 23 heavy (non-hydrogen) atoms. The fourth-order valence-electron chi connectivity index (χ4n) is 2.25. The van der Waals surface area contributed by atoms with Gasteiger partial charge in [0.05, 0.1) is 19.3 Å². The number of aromatic amines is 1. The summed E-state index contributed by atoms with van der Waals surface area (Å²) in [5, 5.41) is 6.93. The summed E-state index contributed by atoms with van der Waals surface area (Å²) in [5.74, 6) is 1.75. The molecule has 3 aromatic rings. The monoisotopic (exact) mass is 313 g/mol. The topological polar surface area (TPSA) is 60.0 Å². The van der Waals surface area contributed by atoms with Gasteiger partial charge >= 0.3 is 0 Å². The third kappa shape index (κ3) is 3.01. The molecule has 1 N–H and O–H groups in total. The van der Waals surface area contributed by atoms with Crippen molar-refractivity contribution >= 4 is 0 Å². The summed E-state index contributed by atoms with van der Waals surface area (Å²) in [7, 11) is 1.58. The lowest BCUT2D eigenvalue weighted by Crippen LogP contribution is -1.96. The molecular formula is C17H16FN3O2. The van der Waals surface area contributed by atoms with Crippen LogP contribution in [0.3, 0.4) is 0 Å². The number of halogens is 1. The minimum absolute atomic E-state index is 0.347. The first-order chi connectivity index (χ1) is 11.2. The van der Waals surface area contributed by atoms with Crippen molar-refractivity contribution in [2.45, 2.75) is 6.92 Å². The second kappa shape index (κ2) is 6.48. The van der Waals surface area contributed by atoms with E-state index in [9.17, 15) is 4.39 Å². The van der Waals surface area contributed by atoms with E-state index in [1.807, 2.05) is 13.0 Å². The maximum absolute atomic E-state index is 13.8. The van der Waals surface area contributed by atoms with Gasteiger partial charge in [0.25, 0.3) is 0 Å². The standard InChI is InChI=1S/C17H16FN3O2/c1-3-23-15-10-11(8-9-14(15)22-2)16-19-17(21-20-16)12-6-4-5-7-13(12)18/h4-10H,3H2,1-2H3,(H,19,20,21). The average molecular weight is 313 g/mol. The third-order valence-electron chi connectivity index (χ3n) is 3.34. The normalized spacial score (nSPS) is 10.6. The van der Waals surface area contributed by atoms with E-state index in [-0.39, 0.29) is 5.82 Å². The minimum atomic E-state index is -0.347. The summed E-state index contributed by atoms with van der Waals surface area (Å²) in [5.41, 5.74) is 1.14. The molecule has 0 aliphatic rings. The summed E-state index contributed by atoms with van der Waals surface area (Å²) >= 11 is 0. The van der Waals surface area contributed by atoms with Gasteiger partial charge in [-0.15, -0.1) is 0 Å². The van der Waals surface area contributed by atoms with E-state index in [0.717, 1.165) is 5.56 Å². The van der Waals surface area contributed by atoms with Gasteiger partial charge in [0, 0.05) is 5.56 Å². The molecule has 0 spiro atoms. The lowest BCUT2D eigenvalue weighted by molar-refractivity contribution is 0.311. The largest absolute Gasteiger partial charge is 0.493 e. The Hall–Kier alpha value is -2.89. The Bertz CT molecular complexity index is 817. The lowest BCUT2D eigenvalue weighted by atomic mass is 10.2. The van der Waals surface area contributed by atoms with Crippen LogP contribution in [0.5, 0.6) is 11.5 Å². The van der Waals surface area contributed by atoms with E-state index < -0.39 is 0 Å². The number of nitrogens with zero attached hydrogens (tertiary/aromatic N) is 2. The molecule has 0 atom stereocenters. The van der Waals surface area contributed by atoms with Gasteiger partial charge in [0.1, 0.15) is 5.82 Å². The van der Waals surface area contributed by atoms with Crippen molar-refractivity contribution in [1.29, 1.82) is 0 Å². The Labute approximate surface area is 133 Å². The summed E-state index contributed by atoms with van der Waals surface area (Å²) in [6.07, 6.45) is 0. The van der Waals surface area contributed by atoms with Crippen LogP contribution in [0.4, 0.5) is 4.39 Å². The molecule has 0 saturated carbocycles. The molecule has 6 heteroatoms. The number of hydrogen-bond donors (Lipinski definition) is 1. The Balaban J connectivity index is 1.97. The maximum Gasteiger partial charge on any atom is 0.181 e. The molecule has 0 aliphatic carbocycles. The fraction of sp³-hybridized carbons (Fsp3) is 0.176. The first-order valence-corrected chi connectivity index (χ1v) is 7.21. The number of H-pyrrole nitrogens is 1. The van der Waals surface area contributed by atoms with Gasteiger partial charge in [-0.05, 0) is 37.3 Å². The molecule has 0 aliphatic heterocycles. The zero-order valence-corrected chi connectivity index (χ0v) is 12.8. The highest BCUT2D eigenvalue weighted by Crippen LogP contribution is 2.32. The first kappa shape index (κ1) is 15.0. The summed E-state index contributed by atoms with van der Waals surface area (Å²) in [6, 6.07) is 11.8. The van der Waals surface area contributed by atoms with Crippen LogP contribution in [0.2, 0.25) is 0 Å². The minimum Gasteiger partial charge on any atom is -0.493 e. The van der Waals surface area contributed by atoms with Crippen molar-refractivity contribution in [2.75, 3.05) is 13.7 Å². The van der Waals surface area contributed by atoms with E-state index in [1.54, 1.807) is 37.4 Å². The van der Waals surface area contributed by atoms with E-state index in [4.69, 9.17) is 9.47 Å². The van der Waals surface area contributed by atoms with Crippen LogP contribution in [-0.4, -0.2) is 28.9 Å². The van der Waals surface area contributed by atoms with E-state index in [1.165, 1.54) is 6.07 Å². The zero-order chi connectivity index (χ0) is 16.2. The molecule has 5 nitrogen and oxygen atoms in total. The Morgan fingerprint density at radius 1 is 1.13 bits per heavy atom. The van der Waals surface area contributed by atoms with Crippen molar-refractivity contribution in [2.24, 2.45) is 0 Å². The van der Waals surface area contributed by atoms with Crippen molar-refractivity contribution in [3.8, 4) is 34.3 Å². The predicted molar refractivity (Wildman–Crippen MR) is 84.9 cm³/mol. The SMILES string of the molecule is CCOc1cc(-c2n[nH]c(-c3ccccc3F)n2)ccc1OC. The molecular weight excluding hydrogens is 297 g/mol. The zero-order valence-electron chi connectivity index (χ0n) is 12.8. The molecule has 1 aromatic heterocycles. The first-order valence-electron chi connectivity index (χ1n) is 7.21. The smallest absolute Gasteiger partial charge is 0.181 e. The van der Waals surface area contributed by atoms with Crippen LogP contribution in [-0.2, 0) is 0 Å². The van der Waals surface area contributed by atoms with Gasteiger partial charge in [-0.3, -0.25) is 5.10 Å². The Morgan fingerprint density at radius 2 is 1.96 bits per heavy atom. The molecule has 1 heterocycles. The molecule has 0 amide bonds. The van der Waals surface area contributed by atoms with Gasteiger partial charge in [0.15, 0.2) is 23.1 Å². The van der Waals surface area contributed by atoms with E-state index >= 15 is 0 Å². The van der Waals surface area contributed by atoms with Crippen molar-refractivity contribution in [3.63, 3.8) is 0 Å². The number of aromatic nitrogens is 3. The maximum atomic E-state index is 13.8. The third-order valence-corrected chi connectivity index (χ3v) is 3.34. The van der Waals surface area contributed by atoms with Crippen LogP contribution >= 0.6 is 0 Å². The van der Waals surface area contributed by atoms with Crippen LogP contribution < -0.4 is 9.47 Å².